The molecule has 0 radical (unpaired) electrons. The molecular formula is C20H13I. The smallest absolute Gasteiger partial charge is 0.0209 e. The Labute approximate surface area is 137 Å². The normalized spacial score (nSPS) is 11.1. The first kappa shape index (κ1) is 12.8. The first-order chi connectivity index (χ1) is 10.3. The fourth-order valence-corrected chi connectivity index (χ4v) is 3.62. The van der Waals surface area contributed by atoms with Crippen molar-refractivity contribution in [3.63, 3.8) is 0 Å². The third-order valence-corrected chi connectivity index (χ3v) is 4.86. The van der Waals surface area contributed by atoms with Crippen LogP contribution in [-0.4, -0.2) is 0 Å². The Morgan fingerprint density at radius 3 is 2.14 bits per heavy atom. The van der Waals surface area contributed by atoms with Crippen LogP contribution in [0.3, 0.4) is 0 Å². The second kappa shape index (κ2) is 5.15. The van der Waals surface area contributed by atoms with Crippen molar-refractivity contribution >= 4 is 44.1 Å². The SMILES string of the molecule is Ic1cccc2c(-c3ccccc3)c3ccccc3cc12. The topological polar surface area (TPSA) is 0 Å². The minimum atomic E-state index is 1.28. The molecule has 4 rings (SSSR count). The summed E-state index contributed by atoms with van der Waals surface area (Å²) in [6.07, 6.45) is 0. The van der Waals surface area contributed by atoms with Gasteiger partial charge >= 0.3 is 0 Å². The zero-order valence-electron chi connectivity index (χ0n) is 11.4. The lowest BCUT2D eigenvalue weighted by molar-refractivity contribution is 1.66. The van der Waals surface area contributed by atoms with Crippen molar-refractivity contribution in [2.24, 2.45) is 0 Å². The summed E-state index contributed by atoms with van der Waals surface area (Å²) in [6, 6.07) is 28.2. The molecule has 0 N–H and O–H groups in total. The Hall–Kier alpha value is -1.87. The summed E-state index contributed by atoms with van der Waals surface area (Å²) in [7, 11) is 0. The van der Waals surface area contributed by atoms with Gasteiger partial charge in [-0.2, -0.15) is 0 Å². The largest absolute Gasteiger partial charge is 0.0622 e. The molecular weight excluding hydrogens is 367 g/mol. The van der Waals surface area contributed by atoms with Crippen molar-refractivity contribution in [1.82, 2.24) is 0 Å². The summed E-state index contributed by atoms with van der Waals surface area (Å²) in [4.78, 5) is 0. The fourth-order valence-electron chi connectivity index (χ4n) is 2.97. The van der Waals surface area contributed by atoms with Gasteiger partial charge in [0, 0.05) is 3.57 Å². The predicted octanol–water partition coefficient (Wildman–Crippen LogP) is 6.26. The molecule has 0 saturated carbocycles. The van der Waals surface area contributed by atoms with Crippen LogP contribution in [0.1, 0.15) is 0 Å². The molecule has 100 valence electrons. The zero-order chi connectivity index (χ0) is 14.2. The van der Waals surface area contributed by atoms with Gasteiger partial charge in [0.2, 0.25) is 0 Å². The van der Waals surface area contributed by atoms with Gasteiger partial charge < -0.3 is 0 Å². The van der Waals surface area contributed by atoms with Gasteiger partial charge in [-0.1, -0.05) is 66.7 Å². The molecule has 0 spiro atoms. The monoisotopic (exact) mass is 380 g/mol. The summed E-state index contributed by atoms with van der Waals surface area (Å²) in [5.74, 6) is 0. The van der Waals surface area contributed by atoms with Gasteiger partial charge in [-0.05, 0) is 67.4 Å². The van der Waals surface area contributed by atoms with E-state index < -0.39 is 0 Å². The standard InChI is InChI=1S/C20H13I/c21-19-12-6-11-17-18(19)13-15-9-4-5-10-16(15)20(17)14-7-2-1-3-8-14/h1-13H. The van der Waals surface area contributed by atoms with Gasteiger partial charge in [-0.25, -0.2) is 0 Å². The Morgan fingerprint density at radius 2 is 1.29 bits per heavy atom. The Morgan fingerprint density at radius 1 is 0.571 bits per heavy atom. The lowest BCUT2D eigenvalue weighted by Gasteiger charge is -2.13. The summed E-state index contributed by atoms with van der Waals surface area (Å²) >= 11 is 2.43. The maximum Gasteiger partial charge on any atom is 0.0209 e. The lowest BCUT2D eigenvalue weighted by Crippen LogP contribution is -1.87. The van der Waals surface area contributed by atoms with E-state index in [9.17, 15) is 0 Å². The van der Waals surface area contributed by atoms with Crippen molar-refractivity contribution < 1.29 is 0 Å². The van der Waals surface area contributed by atoms with Crippen molar-refractivity contribution in [1.29, 1.82) is 0 Å². The summed E-state index contributed by atoms with van der Waals surface area (Å²) in [5, 5.41) is 5.27. The number of fused-ring (bicyclic) bond motifs is 2. The second-order valence-electron chi connectivity index (χ2n) is 5.17. The molecule has 0 aliphatic rings. The van der Waals surface area contributed by atoms with Crippen LogP contribution in [-0.2, 0) is 0 Å². The summed E-state index contributed by atoms with van der Waals surface area (Å²) in [6.45, 7) is 0. The van der Waals surface area contributed by atoms with E-state index in [4.69, 9.17) is 0 Å². The van der Waals surface area contributed by atoms with Crippen molar-refractivity contribution in [3.05, 3.63) is 82.4 Å². The first-order valence-electron chi connectivity index (χ1n) is 7.00. The maximum atomic E-state index is 2.43. The lowest BCUT2D eigenvalue weighted by atomic mass is 9.92. The number of hydrogen-bond acceptors (Lipinski definition) is 0. The van der Waals surface area contributed by atoms with Crippen LogP contribution in [0.5, 0.6) is 0 Å². The van der Waals surface area contributed by atoms with Crippen molar-refractivity contribution in [2.75, 3.05) is 0 Å². The average molecular weight is 380 g/mol. The number of benzene rings is 4. The highest BCUT2D eigenvalue weighted by Gasteiger charge is 2.10. The van der Waals surface area contributed by atoms with Gasteiger partial charge in [0.25, 0.3) is 0 Å². The van der Waals surface area contributed by atoms with Crippen LogP contribution in [0.25, 0.3) is 32.7 Å². The molecule has 21 heavy (non-hydrogen) atoms. The van der Waals surface area contributed by atoms with E-state index in [2.05, 4.69) is 101 Å². The fraction of sp³-hybridized carbons (Fsp3) is 0. The molecule has 0 saturated heterocycles. The van der Waals surface area contributed by atoms with Crippen LogP contribution in [0.4, 0.5) is 0 Å². The van der Waals surface area contributed by atoms with Crippen LogP contribution in [0.2, 0.25) is 0 Å². The molecule has 4 aromatic rings. The Balaban J connectivity index is 2.26. The highest BCUT2D eigenvalue weighted by molar-refractivity contribution is 14.1. The van der Waals surface area contributed by atoms with Crippen LogP contribution >= 0.6 is 22.6 Å². The van der Waals surface area contributed by atoms with E-state index in [1.165, 1.54) is 36.2 Å². The molecule has 0 aliphatic heterocycles. The summed E-state index contributed by atoms with van der Waals surface area (Å²) < 4.78 is 1.30. The Kier molecular flexibility index (Phi) is 3.15. The molecule has 4 aromatic carbocycles. The van der Waals surface area contributed by atoms with Crippen LogP contribution in [0, 0.1) is 3.57 Å². The maximum absolute atomic E-state index is 2.43. The van der Waals surface area contributed by atoms with Crippen molar-refractivity contribution in [3.8, 4) is 11.1 Å². The van der Waals surface area contributed by atoms with Gasteiger partial charge in [-0.15, -0.1) is 0 Å². The quantitative estimate of drug-likeness (QED) is 0.270. The van der Waals surface area contributed by atoms with E-state index in [0.717, 1.165) is 0 Å². The van der Waals surface area contributed by atoms with Gasteiger partial charge in [0.05, 0.1) is 0 Å². The molecule has 0 heterocycles. The van der Waals surface area contributed by atoms with E-state index in [0.29, 0.717) is 0 Å². The molecule has 0 unspecified atom stereocenters. The van der Waals surface area contributed by atoms with Gasteiger partial charge in [-0.3, -0.25) is 0 Å². The molecule has 0 atom stereocenters. The third kappa shape index (κ3) is 2.12. The van der Waals surface area contributed by atoms with E-state index >= 15 is 0 Å². The first-order valence-corrected chi connectivity index (χ1v) is 8.08. The molecule has 0 aromatic heterocycles. The highest BCUT2D eigenvalue weighted by atomic mass is 127. The minimum Gasteiger partial charge on any atom is -0.0622 e. The average Bonchev–Trinajstić information content (AvgIpc) is 2.54. The predicted molar refractivity (Wildman–Crippen MR) is 99.6 cm³/mol. The molecule has 0 fully saturated rings. The molecule has 0 aliphatic carbocycles. The number of rotatable bonds is 1. The summed E-state index contributed by atoms with van der Waals surface area (Å²) in [5.41, 5.74) is 2.61. The van der Waals surface area contributed by atoms with E-state index in [1.54, 1.807) is 0 Å². The number of hydrogen-bond donors (Lipinski definition) is 0. The third-order valence-electron chi connectivity index (χ3n) is 3.91. The number of halogens is 1. The molecule has 0 nitrogen and oxygen atoms in total. The van der Waals surface area contributed by atoms with Gasteiger partial charge in [0.1, 0.15) is 0 Å². The highest BCUT2D eigenvalue weighted by Crippen LogP contribution is 2.37. The van der Waals surface area contributed by atoms with E-state index in [-0.39, 0.29) is 0 Å². The Bertz CT molecular complexity index is 940. The van der Waals surface area contributed by atoms with E-state index in [1.807, 2.05) is 0 Å². The minimum absolute atomic E-state index is 1.28. The van der Waals surface area contributed by atoms with Crippen LogP contribution < -0.4 is 0 Å². The second-order valence-corrected chi connectivity index (χ2v) is 6.34. The van der Waals surface area contributed by atoms with Crippen molar-refractivity contribution in [2.45, 2.75) is 0 Å². The van der Waals surface area contributed by atoms with Gasteiger partial charge in [0.15, 0.2) is 0 Å². The molecule has 0 amide bonds. The molecule has 0 bridgehead atoms. The van der Waals surface area contributed by atoms with Crippen LogP contribution in [0.15, 0.2) is 78.9 Å². The molecule has 1 heteroatoms. The zero-order valence-corrected chi connectivity index (χ0v) is 13.5.